The van der Waals surface area contributed by atoms with E-state index in [4.69, 9.17) is 0 Å². The second-order valence-corrected chi connectivity index (χ2v) is 7.82. The smallest absolute Gasteiger partial charge is 0.0420 e. The number of aromatic nitrogens is 1. The molecule has 2 bridgehead atoms. The summed E-state index contributed by atoms with van der Waals surface area (Å²) in [5.41, 5.74) is 1.23. The van der Waals surface area contributed by atoms with Crippen LogP contribution < -0.4 is 5.32 Å². The molecule has 0 saturated heterocycles. The van der Waals surface area contributed by atoms with Crippen LogP contribution >= 0.6 is 15.9 Å². The molecule has 0 aromatic carbocycles. The van der Waals surface area contributed by atoms with Crippen molar-refractivity contribution < 1.29 is 0 Å². The van der Waals surface area contributed by atoms with E-state index in [1.54, 1.807) is 6.42 Å². The van der Waals surface area contributed by atoms with Gasteiger partial charge in [-0.1, -0.05) is 6.92 Å². The van der Waals surface area contributed by atoms with Crippen LogP contribution in [0.3, 0.4) is 0 Å². The first-order valence-corrected chi connectivity index (χ1v) is 8.91. The Morgan fingerprint density at radius 3 is 2.65 bits per heavy atom. The normalized spacial score (nSPS) is 38.8. The summed E-state index contributed by atoms with van der Waals surface area (Å²) in [4.78, 5) is 4.57. The minimum absolute atomic E-state index is 0.645. The summed E-state index contributed by atoms with van der Waals surface area (Å²) in [7, 11) is 0. The summed E-state index contributed by atoms with van der Waals surface area (Å²) in [6, 6.07) is 4.93. The van der Waals surface area contributed by atoms with E-state index in [1.807, 2.05) is 6.20 Å². The Hall–Kier alpha value is -0.410. The molecule has 108 valence electrons. The number of fused-ring (bicyclic) bond motifs is 5. The Morgan fingerprint density at radius 1 is 1.30 bits per heavy atom. The van der Waals surface area contributed by atoms with Crippen molar-refractivity contribution in [3.63, 3.8) is 0 Å². The number of nitrogens with zero attached hydrogens (tertiary/aromatic N) is 1. The molecule has 5 atom stereocenters. The topological polar surface area (TPSA) is 24.9 Å². The van der Waals surface area contributed by atoms with Gasteiger partial charge in [0.05, 0.1) is 0 Å². The van der Waals surface area contributed by atoms with Crippen molar-refractivity contribution in [2.45, 2.75) is 38.6 Å². The fourth-order valence-electron chi connectivity index (χ4n) is 5.29. The summed E-state index contributed by atoms with van der Waals surface area (Å²) < 4.78 is 1.07. The van der Waals surface area contributed by atoms with Crippen LogP contribution in [0.2, 0.25) is 0 Å². The molecule has 3 heteroatoms. The van der Waals surface area contributed by atoms with Crippen LogP contribution in [0.1, 0.15) is 31.9 Å². The molecule has 3 saturated carbocycles. The lowest BCUT2D eigenvalue weighted by Crippen LogP contribution is -2.35. The van der Waals surface area contributed by atoms with E-state index in [2.05, 4.69) is 45.3 Å². The Labute approximate surface area is 129 Å². The number of rotatable bonds is 5. The molecule has 4 rings (SSSR count). The van der Waals surface area contributed by atoms with Gasteiger partial charge in [0.15, 0.2) is 0 Å². The third-order valence-electron chi connectivity index (χ3n) is 5.94. The minimum atomic E-state index is 0.645. The van der Waals surface area contributed by atoms with Crippen LogP contribution in [-0.4, -0.2) is 17.6 Å². The number of pyridine rings is 1. The maximum atomic E-state index is 4.57. The summed E-state index contributed by atoms with van der Waals surface area (Å²) >= 11 is 3.47. The molecular weight excluding hydrogens is 312 g/mol. The van der Waals surface area contributed by atoms with Crippen LogP contribution in [0.25, 0.3) is 0 Å². The zero-order valence-corrected chi connectivity index (χ0v) is 13.6. The average Bonchev–Trinajstić information content (AvgIpc) is 2.88. The highest BCUT2D eigenvalue weighted by Gasteiger charge is 2.66. The Morgan fingerprint density at radius 2 is 2.05 bits per heavy atom. The molecule has 5 unspecified atom stereocenters. The molecule has 3 aliphatic rings. The SMILES string of the molecule is CCNC(Cc1ccc(Br)cn1)C1C2C3CCC(C3)C21. The molecule has 0 radical (unpaired) electrons. The van der Waals surface area contributed by atoms with Gasteiger partial charge in [0.1, 0.15) is 0 Å². The fourth-order valence-corrected chi connectivity index (χ4v) is 5.52. The van der Waals surface area contributed by atoms with Crippen LogP contribution in [0.15, 0.2) is 22.8 Å². The molecule has 3 aliphatic carbocycles. The van der Waals surface area contributed by atoms with Crippen molar-refractivity contribution in [1.29, 1.82) is 0 Å². The van der Waals surface area contributed by atoms with Gasteiger partial charge in [-0.2, -0.15) is 0 Å². The van der Waals surface area contributed by atoms with Crippen molar-refractivity contribution in [2.24, 2.45) is 29.6 Å². The van der Waals surface area contributed by atoms with E-state index < -0.39 is 0 Å². The lowest BCUT2D eigenvalue weighted by molar-refractivity contribution is 0.364. The number of hydrogen-bond donors (Lipinski definition) is 1. The first-order chi connectivity index (χ1) is 9.78. The van der Waals surface area contributed by atoms with E-state index in [-0.39, 0.29) is 0 Å². The van der Waals surface area contributed by atoms with Gasteiger partial charge >= 0.3 is 0 Å². The molecule has 0 amide bonds. The van der Waals surface area contributed by atoms with E-state index >= 15 is 0 Å². The lowest BCUT2D eigenvalue weighted by Gasteiger charge is -2.21. The predicted octanol–water partition coefficient (Wildman–Crippen LogP) is 3.66. The summed E-state index contributed by atoms with van der Waals surface area (Å²) in [6.07, 6.45) is 7.59. The van der Waals surface area contributed by atoms with Crippen LogP contribution in [0.4, 0.5) is 0 Å². The largest absolute Gasteiger partial charge is 0.314 e. The highest BCUT2D eigenvalue weighted by atomic mass is 79.9. The monoisotopic (exact) mass is 334 g/mol. The molecule has 1 heterocycles. The average molecular weight is 335 g/mol. The van der Waals surface area contributed by atoms with Crippen molar-refractivity contribution >= 4 is 15.9 Å². The maximum Gasteiger partial charge on any atom is 0.0420 e. The van der Waals surface area contributed by atoms with E-state index in [9.17, 15) is 0 Å². The third-order valence-corrected chi connectivity index (χ3v) is 6.41. The van der Waals surface area contributed by atoms with Crippen LogP contribution in [0, 0.1) is 29.6 Å². The molecule has 2 nitrogen and oxygen atoms in total. The first kappa shape index (κ1) is 13.3. The molecule has 0 spiro atoms. The molecule has 1 aromatic heterocycles. The third kappa shape index (κ3) is 2.14. The predicted molar refractivity (Wildman–Crippen MR) is 84.4 cm³/mol. The Balaban J connectivity index is 1.47. The molecular formula is C17H23BrN2. The maximum absolute atomic E-state index is 4.57. The number of halogens is 1. The summed E-state index contributed by atoms with van der Waals surface area (Å²) in [5.74, 6) is 5.16. The number of hydrogen-bond acceptors (Lipinski definition) is 2. The van der Waals surface area contributed by atoms with Gasteiger partial charge in [0.2, 0.25) is 0 Å². The molecule has 0 aliphatic heterocycles. The van der Waals surface area contributed by atoms with Crippen LogP contribution in [-0.2, 0) is 6.42 Å². The van der Waals surface area contributed by atoms with E-state index in [1.165, 1.54) is 18.5 Å². The standard InChI is InChI=1S/C17H23BrN2/c1-2-19-14(8-13-6-5-12(18)9-20-13)17-15-10-3-4-11(7-10)16(15)17/h5-6,9-11,14-17,19H,2-4,7-8H2,1H3. The van der Waals surface area contributed by atoms with Gasteiger partial charge in [-0.25, -0.2) is 0 Å². The molecule has 1 N–H and O–H groups in total. The van der Waals surface area contributed by atoms with Gasteiger partial charge in [-0.05, 0) is 83.5 Å². The van der Waals surface area contributed by atoms with Gasteiger partial charge in [0.25, 0.3) is 0 Å². The van der Waals surface area contributed by atoms with Gasteiger partial charge < -0.3 is 5.32 Å². The molecule has 1 aromatic rings. The minimum Gasteiger partial charge on any atom is -0.314 e. The Kier molecular flexibility index (Phi) is 3.38. The van der Waals surface area contributed by atoms with Crippen LogP contribution in [0.5, 0.6) is 0 Å². The van der Waals surface area contributed by atoms with Gasteiger partial charge in [0, 0.05) is 28.8 Å². The number of likely N-dealkylation sites (N-methyl/N-ethyl adjacent to an activating group) is 1. The van der Waals surface area contributed by atoms with Gasteiger partial charge in [-0.3, -0.25) is 4.98 Å². The quantitative estimate of drug-likeness (QED) is 0.888. The summed E-state index contributed by atoms with van der Waals surface area (Å²) in [6.45, 7) is 3.31. The second kappa shape index (κ2) is 5.10. The molecule has 3 fully saturated rings. The Bertz CT molecular complexity index is 470. The highest BCUT2D eigenvalue weighted by Crippen LogP contribution is 2.70. The van der Waals surface area contributed by atoms with Gasteiger partial charge in [-0.15, -0.1) is 0 Å². The van der Waals surface area contributed by atoms with Crippen molar-refractivity contribution in [3.05, 3.63) is 28.5 Å². The van der Waals surface area contributed by atoms with E-state index in [0.717, 1.165) is 47.0 Å². The first-order valence-electron chi connectivity index (χ1n) is 8.11. The molecule has 20 heavy (non-hydrogen) atoms. The van der Waals surface area contributed by atoms with Crippen molar-refractivity contribution in [3.8, 4) is 0 Å². The van der Waals surface area contributed by atoms with Crippen molar-refractivity contribution in [1.82, 2.24) is 10.3 Å². The zero-order valence-electron chi connectivity index (χ0n) is 12.1. The number of nitrogens with one attached hydrogen (secondary N) is 1. The van der Waals surface area contributed by atoms with Crippen molar-refractivity contribution in [2.75, 3.05) is 6.54 Å². The highest BCUT2D eigenvalue weighted by molar-refractivity contribution is 9.10. The fraction of sp³-hybridized carbons (Fsp3) is 0.706. The van der Waals surface area contributed by atoms with E-state index in [0.29, 0.717) is 6.04 Å². The zero-order chi connectivity index (χ0) is 13.7. The summed E-state index contributed by atoms with van der Waals surface area (Å²) in [5, 5.41) is 3.75. The second-order valence-electron chi connectivity index (χ2n) is 6.90. The lowest BCUT2D eigenvalue weighted by atomic mass is 9.94.